The molecule has 6 nitrogen and oxygen atoms in total. The van der Waals surface area contributed by atoms with Gasteiger partial charge in [0.15, 0.2) is 9.84 Å². The van der Waals surface area contributed by atoms with Gasteiger partial charge < -0.3 is 9.88 Å². The third-order valence-corrected chi connectivity index (χ3v) is 5.92. The highest BCUT2D eigenvalue weighted by Gasteiger charge is 2.16. The second kappa shape index (κ2) is 6.69. The standard InChI is InChI=1S/C18H19N3O3S2/c1-11-5-6-14(26(4,23)24)8-15(11)20-18(22)17-7-13(9-21(17)3)16-10-25-12(2)19-16/h5-10H,1-4H3,(H,20,22). The fourth-order valence-corrected chi connectivity index (χ4v) is 3.85. The first-order valence-electron chi connectivity index (χ1n) is 7.86. The predicted molar refractivity (Wildman–Crippen MR) is 104 cm³/mol. The van der Waals surface area contributed by atoms with Gasteiger partial charge in [0.2, 0.25) is 0 Å². The lowest BCUT2D eigenvalue weighted by molar-refractivity contribution is 0.101. The van der Waals surface area contributed by atoms with Crippen molar-refractivity contribution in [1.82, 2.24) is 9.55 Å². The Kier molecular flexibility index (Phi) is 4.72. The molecule has 0 atom stereocenters. The zero-order valence-electron chi connectivity index (χ0n) is 14.9. The summed E-state index contributed by atoms with van der Waals surface area (Å²) in [6, 6.07) is 6.47. The lowest BCUT2D eigenvalue weighted by Crippen LogP contribution is -2.16. The number of carbonyl (C=O) groups excluding carboxylic acids is 1. The van der Waals surface area contributed by atoms with E-state index in [-0.39, 0.29) is 10.8 Å². The topological polar surface area (TPSA) is 81.1 Å². The lowest BCUT2D eigenvalue weighted by Gasteiger charge is -2.10. The van der Waals surface area contributed by atoms with Crippen LogP contribution in [0.2, 0.25) is 0 Å². The summed E-state index contributed by atoms with van der Waals surface area (Å²) in [6.07, 6.45) is 2.99. The Morgan fingerprint density at radius 1 is 1.23 bits per heavy atom. The number of carbonyl (C=O) groups is 1. The molecular weight excluding hydrogens is 370 g/mol. The zero-order valence-corrected chi connectivity index (χ0v) is 16.5. The Bertz CT molecular complexity index is 1090. The van der Waals surface area contributed by atoms with E-state index in [1.807, 2.05) is 25.4 Å². The van der Waals surface area contributed by atoms with Gasteiger partial charge in [-0.05, 0) is 37.6 Å². The van der Waals surface area contributed by atoms with Crippen molar-refractivity contribution >= 4 is 32.8 Å². The van der Waals surface area contributed by atoms with Crippen LogP contribution in [-0.4, -0.2) is 30.1 Å². The number of aryl methyl sites for hydroxylation is 3. The normalized spacial score (nSPS) is 11.5. The minimum Gasteiger partial charge on any atom is -0.346 e. The molecule has 2 aromatic heterocycles. The molecule has 1 N–H and O–H groups in total. The van der Waals surface area contributed by atoms with Gasteiger partial charge in [-0.25, -0.2) is 13.4 Å². The third-order valence-electron chi connectivity index (χ3n) is 4.04. The summed E-state index contributed by atoms with van der Waals surface area (Å²) in [5.74, 6) is -0.306. The largest absolute Gasteiger partial charge is 0.346 e. The van der Waals surface area contributed by atoms with Crippen LogP contribution in [0, 0.1) is 13.8 Å². The highest BCUT2D eigenvalue weighted by molar-refractivity contribution is 7.90. The highest BCUT2D eigenvalue weighted by Crippen LogP contribution is 2.25. The van der Waals surface area contributed by atoms with Crippen molar-refractivity contribution in [3.8, 4) is 11.3 Å². The van der Waals surface area contributed by atoms with E-state index in [2.05, 4.69) is 10.3 Å². The fourth-order valence-electron chi connectivity index (χ4n) is 2.58. The first-order valence-corrected chi connectivity index (χ1v) is 10.6. The van der Waals surface area contributed by atoms with E-state index in [0.717, 1.165) is 28.1 Å². The van der Waals surface area contributed by atoms with Crippen LogP contribution in [0.3, 0.4) is 0 Å². The molecule has 8 heteroatoms. The quantitative estimate of drug-likeness (QED) is 0.741. The number of rotatable bonds is 4. The van der Waals surface area contributed by atoms with Crippen LogP contribution in [-0.2, 0) is 16.9 Å². The van der Waals surface area contributed by atoms with Crippen LogP contribution < -0.4 is 5.32 Å². The van der Waals surface area contributed by atoms with Crippen molar-refractivity contribution in [3.05, 3.63) is 52.1 Å². The molecular formula is C18H19N3O3S2. The summed E-state index contributed by atoms with van der Waals surface area (Å²) in [7, 11) is -1.55. The Morgan fingerprint density at radius 3 is 2.58 bits per heavy atom. The summed E-state index contributed by atoms with van der Waals surface area (Å²) in [5.41, 5.74) is 3.43. The van der Waals surface area contributed by atoms with Gasteiger partial charge in [-0.1, -0.05) is 6.07 Å². The number of hydrogen-bond acceptors (Lipinski definition) is 5. The number of aromatic nitrogens is 2. The van der Waals surface area contributed by atoms with E-state index in [1.165, 1.54) is 12.1 Å². The minimum absolute atomic E-state index is 0.170. The first kappa shape index (κ1) is 18.3. The van der Waals surface area contributed by atoms with Crippen molar-refractivity contribution in [1.29, 1.82) is 0 Å². The molecule has 2 heterocycles. The van der Waals surface area contributed by atoms with E-state index >= 15 is 0 Å². The number of sulfone groups is 1. The van der Waals surface area contributed by atoms with Gasteiger partial charge in [-0.3, -0.25) is 4.79 Å². The molecule has 3 aromatic rings. The molecule has 3 rings (SSSR count). The molecule has 0 unspecified atom stereocenters. The van der Waals surface area contributed by atoms with Crippen LogP contribution in [0.5, 0.6) is 0 Å². The van der Waals surface area contributed by atoms with Gasteiger partial charge in [-0.2, -0.15) is 0 Å². The number of benzene rings is 1. The van der Waals surface area contributed by atoms with Crippen LogP contribution in [0.4, 0.5) is 5.69 Å². The summed E-state index contributed by atoms with van der Waals surface area (Å²) >= 11 is 1.55. The Morgan fingerprint density at radius 2 is 1.96 bits per heavy atom. The first-order chi connectivity index (χ1) is 12.1. The minimum atomic E-state index is -3.34. The SMILES string of the molecule is Cc1nc(-c2cc(C(=O)Nc3cc(S(C)(=O)=O)ccc3C)n(C)c2)cs1. The van der Waals surface area contributed by atoms with Crippen LogP contribution >= 0.6 is 11.3 Å². The number of hydrogen-bond donors (Lipinski definition) is 1. The lowest BCUT2D eigenvalue weighted by atomic mass is 10.2. The van der Waals surface area contributed by atoms with Crippen LogP contribution in [0.1, 0.15) is 21.1 Å². The smallest absolute Gasteiger partial charge is 0.272 e. The van der Waals surface area contributed by atoms with E-state index < -0.39 is 9.84 Å². The summed E-state index contributed by atoms with van der Waals surface area (Å²) in [4.78, 5) is 17.3. The van der Waals surface area contributed by atoms with E-state index in [0.29, 0.717) is 11.4 Å². The van der Waals surface area contributed by atoms with E-state index in [1.54, 1.807) is 35.1 Å². The molecule has 136 valence electrons. The summed E-state index contributed by atoms with van der Waals surface area (Å²) < 4.78 is 25.2. The average molecular weight is 390 g/mol. The zero-order chi connectivity index (χ0) is 19.1. The van der Waals surface area contributed by atoms with Gasteiger partial charge in [0.05, 0.1) is 15.6 Å². The second-order valence-electron chi connectivity index (χ2n) is 6.18. The van der Waals surface area contributed by atoms with Gasteiger partial charge >= 0.3 is 0 Å². The molecule has 0 spiro atoms. The third kappa shape index (κ3) is 3.71. The molecule has 0 aliphatic rings. The van der Waals surface area contributed by atoms with Crippen molar-refractivity contribution < 1.29 is 13.2 Å². The van der Waals surface area contributed by atoms with Crippen molar-refractivity contribution in [2.75, 3.05) is 11.6 Å². The molecule has 0 bridgehead atoms. The fraction of sp³-hybridized carbons (Fsp3) is 0.222. The summed E-state index contributed by atoms with van der Waals surface area (Å²) in [5, 5.41) is 5.72. The molecule has 0 aliphatic carbocycles. The van der Waals surface area contributed by atoms with Crippen molar-refractivity contribution in [3.63, 3.8) is 0 Å². The van der Waals surface area contributed by atoms with E-state index in [9.17, 15) is 13.2 Å². The number of thiazole rings is 1. The van der Waals surface area contributed by atoms with Crippen LogP contribution in [0.15, 0.2) is 40.7 Å². The molecule has 0 saturated carbocycles. The molecule has 0 radical (unpaired) electrons. The maximum absolute atomic E-state index is 12.7. The molecule has 0 saturated heterocycles. The van der Waals surface area contributed by atoms with Crippen molar-refractivity contribution in [2.24, 2.45) is 7.05 Å². The average Bonchev–Trinajstić information content (AvgIpc) is 3.14. The second-order valence-corrected chi connectivity index (χ2v) is 9.26. The van der Waals surface area contributed by atoms with Gasteiger partial charge in [0.25, 0.3) is 5.91 Å². The van der Waals surface area contributed by atoms with Gasteiger partial charge in [0.1, 0.15) is 5.69 Å². The van der Waals surface area contributed by atoms with Gasteiger partial charge in [-0.15, -0.1) is 11.3 Å². The molecule has 0 fully saturated rings. The van der Waals surface area contributed by atoms with Crippen molar-refractivity contribution in [2.45, 2.75) is 18.7 Å². The molecule has 0 aliphatic heterocycles. The number of anilines is 1. The van der Waals surface area contributed by atoms with E-state index in [4.69, 9.17) is 0 Å². The Balaban J connectivity index is 1.91. The molecule has 1 amide bonds. The van der Waals surface area contributed by atoms with Crippen LogP contribution in [0.25, 0.3) is 11.3 Å². The maximum atomic E-state index is 12.7. The Hall–Kier alpha value is -2.45. The number of nitrogens with one attached hydrogen (secondary N) is 1. The highest BCUT2D eigenvalue weighted by atomic mass is 32.2. The summed E-state index contributed by atoms with van der Waals surface area (Å²) in [6.45, 7) is 3.75. The van der Waals surface area contributed by atoms with Gasteiger partial charge in [0, 0.05) is 36.1 Å². The molecule has 1 aromatic carbocycles. The monoisotopic (exact) mass is 389 g/mol. The maximum Gasteiger partial charge on any atom is 0.272 e. The number of nitrogens with zero attached hydrogens (tertiary/aromatic N) is 2. The predicted octanol–water partition coefficient (Wildman–Crippen LogP) is 3.42. The Labute approximate surface area is 156 Å². The number of amides is 1. The molecule has 26 heavy (non-hydrogen) atoms.